The van der Waals surface area contributed by atoms with E-state index in [1.165, 1.54) is 51.9 Å². The molecule has 1 aromatic heterocycles. The molecule has 0 aliphatic heterocycles. The number of hydrogen-bond donors (Lipinski definition) is 0. The highest BCUT2D eigenvalue weighted by atomic mass is 15.0. The van der Waals surface area contributed by atoms with Crippen molar-refractivity contribution >= 4 is 17.7 Å². The molecule has 0 amide bonds. The number of nitrogens with zero attached hydrogens (tertiary/aromatic N) is 1. The predicted molar refractivity (Wildman–Crippen MR) is 109 cm³/mol. The van der Waals surface area contributed by atoms with Crippen LogP contribution in [0.15, 0.2) is 43.1 Å². The highest BCUT2D eigenvalue weighted by molar-refractivity contribution is 5.86. The highest BCUT2D eigenvalue weighted by Gasteiger charge is 2.20. The average Bonchev–Trinajstić information content (AvgIpc) is 3.04. The molecular weight excluding hydrogens is 302 g/mol. The Kier molecular flexibility index (Phi) is 4.48. The second kappa shape index (κ2) is 6.92. The minimum absolute atomic E-state index is 1.12. The molecule has 2 aliphatic rings. The number of fused-ring (bicyclic) bond motifs is 2. The fourth-order valence-corrected chi connectivity index (χ4v) is 4.17. The summed E-state index contributed by atoms with van der Waals surface area (Å²) in [5.74, 6) is 0. The van der Waals surface area contributed by atoms with Crippen LogP contribution in [-0.4, -0.2) is 4.57 Å². The van der Waals surface area contributed by atoms with Crippen LogP contribution in [-0.2, 0) is 19.4 Å². The van der Waals surface area contributed by atoms with E-state index in [9.17, 15) is 0 Å². The van der Waals surface area contributed by atoms with Crippen LogP contribution >= 0.6 is 0 Å². The lowest BCUT2D eigenvalue weighted by atomic mass is 9.86. The number of rotatable bonds is 5. The SMILES string of the molecule is C=C(c1cn(CCCC)c2c1C=CCC2)c1cccc2c1CCC=C2. The lowest BCUT2D eigenvalue weighted by Crippen LogP contribution is -2.04. The average molecular weight is 329 g/mol. The summed E-state index contributed by atoms with van der Waals surface area (Å²) in [6, 6.07) is 6.65. The summed E-state index contributed by atoms with van der Waals surface area (Å²) in [5.41, 5.74) is 9.56. The van der Waals surface area contributed by atoms with Gasteiger partial charge in [0, 0.05) is 29.6 Å². The number of aryl methyl sites for hydroxylation is 1. The van der Waals surface area contributed by atoms with E-state index in [-0.39, 0.29) is 0 Å². The first-order chi connectivity index (χ1) is 12.3. The molecule has 1 heteroatoms. The maximum atomic E-state index is 4.53. The minimum Gasteiger partial charge on any atom is -0.350 e. The van der Waals surface area contributed by atoms with Gasteiger partial charge in [0.15, 0.2) is 0 Å². The summed E-state index contributed by atoms with van der Waals surface area (Å²) in [4.78, 5) is 0. The predicted octanol–water partition coefficient (Wildman–Crippen LogP) is 6.27. The molecule has 2 aromatic rings. The maximum Gasteiger partial charge on any atom is 0.0256 e. The smallest absolute Gasteiger partial charge is 0.0256 e. The van der Waals surface area contributed by atoms with Gasteiger partial charge in [0.1, 0.15) is 0 Å². The second-order valence-corrected chi connectivity index (χ2v) is 7.18. The van der Waals surface area contributed by atoms with Gasteiger partial charge in [-0.15, -0.1) is 0 Å². The van der Waals surface area contributed by atoms with Gasteiger partial charge >= 0.3 is 0 Å². The van der Waals surface area contributed by atoms with E-state index in [0.717, 1.165) is 32.2 Å². The fourth-order valence-electron chi connectivity index (χ4n) is 4.17. The van der Waals surface area contributed by atoms with Gasteiger partial charge in [-0.25, -0.2) is 0 Å². The Balaban J connectivity index is 1.78. The zero-order chi connectivity index (χ0) is 17.2. The fraction of sp³-hybridized carbons (Fsp3) is 0.333. The molecule has 0 spiro atoms. The van der Waals surface area contributed by atoms with Crippen LogP contribution in [0.4, 0.5) is 0 Å². The van der Waals surface area contributed by atoms with Crippen LogP contribution in [0.25, 0.3) is 17.7 Å². The third kappa shape index (κ3) is 2.93. The first-order valence-electron chi connectivity index (χ1n) is 9.66. The molecular formula is C24H27N. The Morgan fingerprint density at radius 3 is 2.80 bits per heavy atom. The molecule has 1 nitrogen and oxygen atoms in total. The summed E-state index contributed by atoms with van der Waals surface area (Å²) in [6.07, 6.45) is 18.6. The van der Waals surface area contributed by atoms with Crippen molar-refractivity contribution in [2.45, 2.75) is 52.0 Å². The molecule has 0 radical (unpaired) electrons. The topological polar surface area (TPSA) is 4.93 Å². The lowest BCUT2D eigenvalue weighted by molar-refractivity contribution is 0.608. The van der Waals surface area contributed by atoms with E-state index in [1.54, 1.807) is 0 Å². The molecule has 0 fully saturated rings. The van der Waals surface area contributed by atoms with Crippen molar-refractivity contribution in [3.8, 4) is 0 Å². The summed E-state index contributed by atoms with van der Waals surface area (Å²) in [5, 5.41) is 0. The van der Waals surface area contributed by atoms with Gasteiger partial charge in [-0.3, -0.25) is 0 Å². The normalized spacial score (nSPS) is 15.1. The molecule has 25 heavy (non-hydrogen) atoms. The summed E-state index contributed by atoms with van der Waals surface area (Å²) >= 11 is 0. The van der Waals surface area contributed by atoms with Crippen LogP contribution in [0.1, 0.15) is 66.1 Å². The standard InChI is InChI=1S/C24H27N/c1-3-4-16-25-17-23(22-13-7-8-15-24(22)25)18(2)20-14-9-11-19-10-5-6-12-21(19)20/h5,7,9-11,13-14,17H,2-4,6,8,12,15-16H2,1H3. The minimum atomic E-state index is 1.12. The molecule has 0 unspecified atom stereocenters. The monoisotopic (exact) mass is 329 g/mol. The molecule has 1 heterocycles. The number of unbranched alkanes of at least 4 members (excludes halogenated alkanes) is 1. The van der Waals surface area contributed by atoms with Gasteiger partial charge in [0.05, 0.1) is 0 Å². The Morgan fingerprint density at radius 1 is 1.08 bits per heavy atom. The Labute approximate surface area is 151 Å². The van der Waals surface area contributed by atoms with Crippen LogP contribution in [0.2, 0.25) is 0 Å². The van der Waals surface area contributed by atoms with Gasteiger partial charge in [0.25, 0.3) is 0 Å². The van der Waals surface area contributed by atoms with Gasteiger partial charge in [0.2, 0.25) is 0 Å². The van der Waals surface area contributed by atoms with Crippen molar-refractivity contribution in [1.82, 2.24) is 4.57 Å². The van der Waals surface area contributed by atoms with Crippen molar-refractivity contribution in [2.24, 2.45) is 0 Å². The lowest BCUT2D eigenvalue weighted by Gasteiger charge is -2.17. The molecule has 0 N–H and O–H groups in total. The van der Waals surface area contributed by atoms with E-state index < -0.39 is 0 Å². The quantitative estimate of drug-likeness (QED) is 0.609. The van der Waals surface area contributed by atoms with E-state index in [1.807, 2.05) is 0 Å². The summed E-state index contributed by atoms with van der Waals surface area (Å²) < 4.78 is 2.48. The molecule has 0 atom stereocenters. The Bertz CT molecular complexity index is 860. The third-order valence-electron chi connectivity index (χ3n) is 5.54. The molecule has 1 aromatic carbocycles. The maximum absolute atomic E-state index is 4.53. The zero-order valence-electron chi connectivity index (χ0n) is 15.2. The van der Waals surface area contributed by atoms with Crippen molar-refractivity contribution in [3.05, 3.63) is 76.6 Å². The van der Waals surface area contributed by atoms with E-state index in [2.05, 4.69) is 66.8 Å². The summed E-state index contributed by atoms with van der Waals surface area (Å²) in [6.45, 7) is 7.92. The number of benzene rings is 1. The van der Waals surface area contributed by atoms with Crippen LogP contribution < -0.4 is 0 Å². The van der Waals surface area contributed by atoms with Crippen molar-refractivity contribution in [3.63, 3.8) is 0 Å². The van der Waals surface area contributed by atoms with E-state index in [4.69, 9.17) is 0 Å². The molecule has 128 valence electrons. The Hall–Kier alpha value is -2.28. The third-order valence-corrected chi connectivity index (χ3v) is 5.54. The first kappa shape index (κ1) is 16.2. The number of allylic oxidation sites excluding steroid dienone is 2. The van der Waals surface area contributed by atoms with Crippen molar-refractivity contribution < 1.29 is 0 Å². The highest BCUT2D eigenvalue weighted by Crippen LogP contribution is 2.36. The van der Waals surface area contributed by atoms with Gasteiger partial charge in [-0.2, -0.15) is 0 Å². The van der Waals surface area contributed by atoms with Crippen LogP contribution in [0, 0.1) is 0 Å². The van der Waals surface area contributed by atoms with E-state index in [0.29, 0.717) is 0 Å². The van der Waals surface area contributed by atoms with Crippen molar-refractivity contribution in [1.29, 1.82) is 0 Å². The van der Waals surface area contributed by atoms with E-state index >= 15 is 0 Å². The van der Waals surface area contributed by atoms with Gasteiger partial charge < -0.3 is 4.57 Å². The summed E-state index contributed by atoms with van der Waals surface area (Å²) in [7, 11) is 0. The molecule has 0 saturated heterocycles. The van der Waals surface area contributed by atoms with Gasteiger partial charge in [-0.05, 0) is 54.4 Å². The molecule has 4 rings (SSSR count). The molecule has 0 bridgehead atoms. The molecule has 0 saturated carbocycles. The van der Waals surface area contributed by atoms with Crippen LogP contribution in [0.3, 0.4) is 0 Å². The largest absolute Gasteiger partial charge is 0.350 e. The second-order valence-electron chi connectivity index (χ2n) is 7.18. The van der Waals surface area contributed by atoms with Crippen molar-refractivity contribution in [2.75, 3.05) is 0 Å². The van der Waals surface area contributed by atoms with Gasteiger partial charge in [-0.1, -0.05) is 62.4 Å². The first-order valence-corrected chi connectivity index (χ1v) is 9.66. The number of hydrogen-bond acceptors (Lipinski definition) is 0. The Morgan fingerprint density at radius 2 is 1.92 bits per heavy atom. The zero-order valence-corrected chi connectivity index (χ0v) is 15.2. The van der Waals surface area contributed by atoms with Crippen LogP contribution in [0.5, 0.6) is 0 Å². The molecule has 2 aliphatic carbocycles. The number of aromatic nitrogens is 1.